The molecule has 0 unspecified atom stereocenters. The molecule has 0 radical (unpaired) electrons. The highest BCUT2D eigenvalue weighted by molar-refractivity contribution is 9.10. The third-order valence-electron chi connectivity index (χ3n) is 2.53. The van der Waals surface area contributed by atoms with Gasteiger partial charge in [-0.3, -0.25) is 10.1 Å². The fraction of sp³-hybridized carbons (Fsp3) is 0.231. The zero-order valence-corrected chi connectivity index (χ0v) is 12.0. The first-order valence-corrected chi connectivity index (χ1v) is 6.49. The molecule has 1 aromatic carbocycles. The van der Waals surface area contributed by atoms with E-state index in [0.717, 1.165) is 5.69 Å². The van der Waals surface area contributed by atoms with Crippen molar-refractivity contribution < 1.29 is 13.7 Å². The number of hydrogen-bond acceptors (Lipinski definition) is 3. The lowest BCUT2D eigenvalue weighted by Gasteiger charge is -2.02. The van der Waals surface area contributed by atoms with E-state index < -0.39 is 11.7 Å². The summed E-state index contributed by atoms with van der Waals surface area (Å²) in [6.07, 6.45) is 0. The molecule has 2 aromatic rings. The molecule has 0 spiro atoms. The van der Waals surface area contributed by atoms with Gasteiger partial charge in [0, 0.05) is 10.5 Å². The molecule has 2 rings (SSSR count). The molecule has 0 bridgehead atoms. The Morgan fingerprint density at radius 3 is 2.74 bits per heavy atom. The van der Waals surface area contributed by atoms with E-state index in [9.17, 15) is 9.18 Å². The summed E-state index contributed by atoms with van der Waals surface area (Å²) in [5, 5.41) is 6.28. The molecule has 0 aliphatic carbocycles. The minimum absolute atomic E-state index is 0.0503. The maximum atomic E-state index is 13.6. The van der Waals surface area contributed by atoms with Crippen molar-refractivity contribution in [1.29, 1.82) is 0 Å². The highest BCUT2D eigenvalue weighted by Crippen LogP contribution is 2.20. The van der Waals surface area contributed by atoms with Crippen LogP contribution in [0.5, 0.6) is 0 Å². The molecular formula is C13H12BrFN2O2. The lowest BCUT2D eigenvalue weighted by atomic mass is 10.1. The van der Waals surface area contributed by atoms with E-state index in [4.69, 9.17) is 4.52 Å². The van der Waals surface area contributed by atoms with E-state index in [2.05, 4.69) is 26.4 Å². The van der Waals surface area contributed by atoms with Crippen molar-refractivity contribution in [3.05, 3.63) is 45.8 Å². The standard InChI is InChI=1S/C13H12BrFN2O2/c1-7(2)11-6-12(19-17-11)16-13(18)9-4-3-8(14)5-10(9)15/h3-7H,1-2H3,(H,16,18). The van der Waals surface area contributed by atoms with Crippen LogP contribution in [0.2, 0.25) is 0 Å². The molecule has 0 fully saturated rings. The van der Waals surface area contributed by atoms with Crippen LogP contribution in [0.15, 0.2) is 33.3 Å². The molecule has 1 aromatic heterocycles. The molecule has 100 valence electrons. The number of amides is 1. The predicted molar refractivity (Wildman–Crippen MR) is 72.6 cm³/mol. The van der Waals surface area contributed by atoms with Gasteiger partial charge in [0.1, 0.15) is 5.82 Å². The van der Waals surface area contributed by atoms with E-state index in [1.165, 1.54) is 12.1 Å². The topological polar surface area (TPSA) is 55.1 Å². The van der Waals surface area contributed by atoms with Gasteiger partial charge in [0.25, 0.3) is 5.91 Å². The number of aromatic nitrogens is 1. The smallest absolute Gasteiger partial charge is 0.261 e. The van der Waals surface area contributed by atoms with Crippen molar-refractivity contribution >= 4 is 27.7 Å². The Morgan fingerprint density at radius 1 is 1.42 bits per heavy atom. The van der Waals surface area contributed by atoms with E-state index >= 15 is 0 Å². The number of nitrogens with zero attached hydrogens (tertiary/aromatic N) is 1. The Kier molecular flexibility index (Phi) is 3.99. The van der Waals surface area contributed by atoms with Crippen LogP contribution in [-0.2, 0) is 0 Å². The number of rotatable bonds is 3. The second-order valence-electron chi connectivity index (χ2n) is 4.35. The quantitative estimate of drug-likeness (QED) is 0.929. The molecule has 1 N–H and O–H groups in total. The summed E-state index contributed by atoms with van der Waals surface area (Å²) in [5.41, 5.74) is 0.678. The van der Waals surface area contributed by atoms with Crippen LogP contribution in [0.25, 0.3) is 0 Å². The van der Waals surface area contributed by atoms with Gasteiger partial charge < -0.3 is 4.52 Å². The minimum atomic E-state index is -0.601. The molecule has 19 heavy (non-hydrogen) atoms. The van der Waals surface area contributed by atoms with E-state index in [-0.39, 0.29) is 17.4 Å². The van der Waals surface area contributed by atoms with Crippen molar-refractivity contribution in [3.8, 4) is 0 Å². The van der Waals surface area contributed by atoms with Crippen LogP contribution in [0.3, 0.4) is 0 Å². The number of anilines is 1. The van der Waals surface area contributed by atoms with Gasteiger partial charge in [0.2, 0.25) is 5.88 Å². The first-order chi connectivity index (χ1) is 8.97. The Morgan fingerprint density at radius 2 is 2.16 bits per heavy atom. The zero-order valence-electron chi connectivity index (χ0n) is 10.4. The van der Waals surface area contributed by atoms with Crippen molar-refractivity contribution in [3.63, 3.8) is 0 Å². The van der Waals surface area contributed by atoms with Crippen LogP contribution in [-0.4, -0.2) is 11.1 Å². The van der Waals surface area contributed by atoms with Gasteiger partial charge in [-0.05, 0) is 24.1 Å². The van der Waals surface area contributed by atoms with Gasteiger partial charge in [-0.1, -0.05) is 34.9 Å². The second kappa shape index (κ2) is 5.52. The van der Waals surface area contributed by atoms with Gasteiger partial charge in [-0.15, -0.1) is 0 Å². The van der Waals surface area contributed by atoms with Gasteiger partial charge in [0.05, 0.1) is 11.3 Å². The Balaban J connectivity index is 2.16. The monoisotopic (exact) mass is 326 g/mol. The first-order valence-electron chi connectivity index (χ1n) is 5.70. The summed E-state index contributed by atoms with van der Waals surface area (Å²) in [7, 11) is 0. The number of nitrogens with one attached hydrogen (secondary N) is 1. The molecule has 0 saturated heterocycles. The van der Waals surface area contributed by atoms with Crippen molar-refractivity contribution in [2.24, 2.45) is 0 Å². The van der Waals surface area contributed by atoms with Crippen LogP contribution >= 0.6 is 15.9 Å². The number of halogens is 2. The molecule has 1 heterocycles. The third kappa shape index (κ3) is 3.20. The summed E-state index contributed by atoms with van der Waals surface area (Å²) in [5.74, 6) is -0.776. The van der Waals surface area contributed by atoms with Crippen molar-refractivity contribution in [1.82, 2.24) is 5.16 Å². The maximum Gasteiger partial charge on any atom is 0.261 e. The van der Waals surface area contributed by atoms with Gasteiger partial charge in [-0.25, -0.2) is 4.39 Å². The van der Waals surface area contributed by atoms with Gasteiger partial charge in [0.15, 0.2) is 0 Å². The molecule has 0 aliphatic heterocycles. The Hall–Kier alpha value is -1.69. The van der Waals surface area contributed by atoms with Crippen molar-refractivity contribution in [2.75, 3.05) is 5.32 Å². The molecule has 6 heteroatoms. The van der Waals surface area contributed by atoms with E-state index in [1.54, 1.807) is 12.1 Å². The van der Waals surface area contributed by atoms with Crippen LogP contribution in [0.4, 0.5) is 10.3 Å². The number of carbonyl (C=O) groups is 1. The average Bonchev–Trinajstić information content (AvgIpc) is 2.77. The van der Waals surface area contributed by atoms with Gasteiger partial charge in [-0.2, -0.15) is 0 Å². The van der Waals surface area contributed by atoms with Gasteiger partial charge >= 0.3 is 0 Å². The second-order valence-corrected chi connectivity index (χ2v) is 5.26. The lowest BCUT2D eigenvalue weighted by Crippen LogP contribution is -2.13. The molecule has 1 amide bonds. The van der Waals surface area contributed by atoms with Crippen LogP contribution in [0.1, 0.15) is 35.8 Å². The SMILES string of the molecule is CC(C)c1cc(NC(=O)c2ccc(Br)cc2F)on1. The summed E-state index contributed by atoms with van der Waals surface area (Å²) in [6, 6.07) is 5.85. The Bertz CT molecular complexity index is 610. The largest absolute Gasteiger partial charge is 0.338 e. The van der Waals surface area contributed by atoms with Crippen LogP contribution in [0, 0.1) is 5.82 Å². The molecular weight excluding hydrogens is 315 g/mol. The molecule has 0 saturated carbocycles. The zero-order chi connectivity index (χ0) is 14.0. The minimum Gasteiger partial charge on any atom is -0.338 e. The summed E-state index contributed by atoms with van der Waals surface area (Å²) >= 11 is 3.13. The maximum absolute atomic E-state index is 13.6. The summed E-state index contributed by atoms with van der Waals surface area (Å²) < 4.78 is 19.1. The highest BCUT2D eigenvalue weighted by Gasteiger charge is 2.15. The average molecular weight is 327 g/mol. The number of benzene rings is 1. The van der Waals surface area contributed by atoms with Crippen LogP contribution < -0.4 is 5.32 Å². The fourth-order valence-corrected chi connectivity index (χ4v) is 1.81. The van der Waals surface area contributed by atoms with E-state index in [0.29, 0.717) is 4.47 Å². The van der Waals surface area contributed by atoms with Crippen molar-refractivity contribution in [2.45, 2.75) is 19.8 Å². The summed E-state index contributed by atoms with van der Waals surface area (Å²) in [6.45, 7) is 3.91. The van der Waals surface area contributed by atoms with E-state index in [1.807, 2.05) is 13.8 Å². The first kappa shape index (κ1) is 13.7. The number of carbonyl (C=O) groups excluding carboxylic acids is 1. The summed E-state index contributed by atoms with van der Waals surface area (Å²) in [4.78, 5) is 11.9. The third-order valence-corrected chi connectivity index (χ3v) is 3.03. The molecule has 0 aliphatic rings. The number of hydrogen-bond donors (Lipinski definition) is 1. The lowest BCUT2D eigenvalue weighted by molar-refractivity contribution is 0.102. The normalized spacial score (nSPS) is 10.8. The highest BCUT2D eigenvalue weighted by atomic mass is 79.9. The molecule has 0 atom stereocenters. The molecule has 4 nitrogen and oxygen atoms in total. The fourth-order valence-electron chi connectivity index (χ4n) is 1.47. The predicted octanol–water partition coefficient (Wildman–Crippen LogP) is 3.95. The Labute approximate surface area is 118 Å².